The number of hydrogen-bond donors (Lipinski definition) is 0. The summed E-state index contributed by atoms with van der Waals surface area (Å²) in [6, 6.07) is 0. The average Bonchev–Trinajstić information content (AvgIpc) is 2.07. The van der Waals surface area contributed by atoms with Gasteiger partial charge in [0.2, 0.25) is 0 Å². The summed E-state index contributed by atoms with van der Waals surface area (Å²) in [4.78, 5) is 0. The van der Waals surface area contributed by atoms with E-state index in [-0.39, 0.29) is 0 Å². The first-order valence-electron chi connectivity index (χ1n) is 3.99. The first-order valence-corrected chi connectivity index (χ1v) is 4.52. The molecule has 0 saturated carbocycles. The van der Waals surface area contributed by atoms with Crippen LogP contribution in [0.25, 0.3) is 0 Å². The number of allylic oxidation sites excluding steroid dienone is 3. The molecule has 0 amide bonds. The summed E-state index contributed by atoms with van der Waals surface area (Å²) in [6.45, 7) is 0.736. The predicted octanol–water partition coefficient (Wildman–Crippen LogP) is 2.87. The van der Waals surface area contributed by atoms with E-state index >= 15 is 0 Å². The molecule has 0 aromatic carbocycles. The lowest BCUT2D eigenvalue weighted by Gasteiger charge is -2.08. The highest BCUT2D eigenvalue weighted by Crippen LogP contribution is 2.10. The van der Waals surface area contributed by atoms with Gasteiger partial charge in [0.05, 0.1) is 6.61 Å². The van der Waals surface area contributed by atoms with Gasteiger partial charge in [0.15, 0.2) is 0 Å². The maximum absolute atomic E-state index is 5.50. The Morgan fingerprint density at radius 1 is 1.45 bits per heavy atom. The van der Waals surface area contributed by atoms with Crippen molar-refractivity contribution in [3.63, 3.8) is 0 Å². The van der Waals surface area contributed by atoms with Crippen LogP contribution in [-0.2, 0) is 4.74 Å². The minimum absolute atomic E-state index is 0.678. The van der Waals surface area contributed by atoms with Gasteiger partial charge < -0.3 is 4.74 Å². The van der Waals surface area contributed by atoms with Crippen molar-refractivity contribution in [3.8, 4) is 0 Å². The summed E-state index contributed by atoms with van der Waals surface area (Å²) < 4.78 is 5.41. The molecule has 0 atom stereocenters. The van der Waals surface area contributed by atoms with Crippen LogP contribution in [0.5, 0.6) is 0 Å². The third kappa shape index (κ3) is 3.47. The molecule has 0 aliphatic heterocycles. The van der Waals surface area contributed by atoms with E-state index in [1.165, 1.54) is 0 Å². The van der Waals surface area contributed by atoms with E-state index in [1.54, 1.807) is 0 Å². The molecular weight excluding hydrogens is 160 g/mol. The normalized spacial score (nSPS) is 16.3. The molecule has 0 bridgehead atoms. The minimum Gasteiger partial charge on any atom is -0.494 e. The van der Waals surface area contributed by atoms with Crippen LogP contribution in [0.3, 0.4) is 0 Å². The van der Waals surface area contributed by atoms with E-state index in [0.29, 0.717) is 5.88 Å². The van der Waals surface area contributed by atoms with Crippen LogP contribution in [0, 0.1) is 0 Å². The molecule has 1 aliphatic rings. The lowest BCUT2D eigenvalue weighted by Crippen LogP contribution is -1.95. The third-order valence-electron chi connectivity index (χ3n) is 1.51. The molecule has 11 heavy (non-hydrogen) atoms. The van der Waals surface area contributed by atoms with Crippen LogP contribution < -0.4 is 0 Å². The molecule has 0 spiro atoms. The van der Waals surface area contributed by atoms with Gasteiger partial charge in [-0.15, -0.1) is 11.6 Å². The second-order valence-corrected chi connectivity index (χ2v) is 2.86. The Morgan fingerprint density at radius 2 is 2.36 bits per heavy atom. The smallest absolute Gasteiger partial charge is 0.114 e. The predicted molar refractivity (Wildman–Crippen MR) is 47.7 cm³/mol. The fourth-order valence-corrected chi connectivity index (χ4v) is 1.05. The van der Waals surface area contributed by atoms with Gasteiger partial charge in [-0.2, -0.15) is 0 Å². The van der Waals surface area contributed by atoms with Crippen molar-refractivity contribution in [2.45, 2.75) is 19.3 Å². The Balaban J connectivity index is 2.15. The molecule has 1 nitrogen and oxygen atoms in total. The monoisotopic (exact) mass is 172 g/mol. The fraction of sp³-hybridized carbons (Fsp3) is 0.556. The zero-order valence-corrected chi connectivity index (χ0v) is 7.31. The first kappa shape index (κ1) is 8.66. The van der Waals surface area contributed by atoms with E-state index < -0.39 is 0 Å². The molecular formula is C9H13ClO. The van der Waals surface area contributed by atoms with Gasteiger partial charge in [0.1, 0.15) is 5.76 Å². The molecule has 2 heteroatoms. The second kappa shape index (κ2) is 5.25. The zero-order valence-electron chi connectivity index (χ0n) is 6.55. The number of rotatable bonds is 4. The van der Waals surface area contributed by atoms with Crippen molar-refractivity contribution in [3.05, 3.63) is 24.0 Å². The molecule has 62 valence electrons. The Bertz CT molecular complexity index is 161. The summed E-state index contributed by atoms with van der Waals surface area (Å²) in [5.74, 6) is 1.68. The second-order valence-electron chi connectivity index (χ2n) is 2.48. The van der Waals surface area contributed by atoms with Crippen molar-refractivity contribution < 1.29 is 4.74 Å². The molecule has 0 aromatic heterocycles. The SMILES string of the molecule is ClCCCOC1=CCCC=C1. The Hall–Kier alpha value is -0.430. The van der Waals surface area contributed by atoms with Crippen molar-refractivity contribution in [1.29, 1.82) is 0 Å². The Kier molecular flexibility index (Phi) is 4.14. The first-order chi connectivity index (χ1) is 5.43. The summed E-state index contributed by atoms with van der Waals surface area (Å²) in [7, 11) is 0. The molecule has 0 heterocycles. The van der Waals surface area contributed by atoms with Crippen molar-refractivity contribution in [1.82, 2.24) is 0 Å². The van der Waals surface area contributed by atoms with Gasteiger partial charge in [-0.05, 0) is 31.4 Å². The van der Waals surface area contributed by atoms with E-state index in [9.17, 15) is 0 Å². The largest absolute Gasteiger partial charge is 0.494 e. The molecule has 0 radical (unpaired) electrons. The van der Waals surface area contributed by atoms with Gasteiger partial charge in [-0.3, -0.25) is 0 Å². The lowest BCUT2D eigenvalue weighted by atomic mass is 10.2. The molecule has 0 N–H and O–H groups in total. The van der Waals surface area contributed by atoms with E-state index in [1.807, 2.05) is 6.08 Å². The average molecular weight is 173 g/mol. The fourth-order valence-electron chi connectivity index (χ4n) is 0.941. The van der Waals surface area contributed by atoms with Crippen molar-refractivity contribution in [2.24, 2.45) is 0 Å². The third-order valence-corrected chi connectivity index (χ3v) is 1.77. The summed E-state index contributed by atoms with van der Waals surface area (Å²) >= 11 is 5.50. The standard InChI is InChI=1S/C9H13ClO/c10-7-4-8-11-9-5-2-1-3-6-9/h2,5-6H,1,3-4,7-8H2. The highest BCUT2D eigenvalue weighted by atomic mass is 35.5. The Labute approximate surface area is 72.7 Å². The molecule has 1 aliphatic carbocycles. The summed E-state index contributed by atoms with van der Waals surface area (Å²) in [5.41, 5.74) is 0. The highest BCUT2D eigenvalue weighted by Gasteiger charge is 1.96. The minimum atomic E-state index is 0.678. The lowest BCUT2D eigenvalue weighted by molar-refractivity contribution is 0.223. The zero-order chi connectivity index (χ0) is 7.94. The maximum Gasteiger partial charge on any atom is 0.114 e. The van der Waals surface area contributed by atoms with E-state index in [4.69, 9.17) is 16.3 Å². The summed E-state index contributed by atoms with van der Waals surface area (Å²) in [6.07, 6.45) is 9.45. The molecule has 0 aromatic rings. The van der Waals surface area contributed by atoms with Crippen LogP contribution in [0.4, 0.5) is 0 Å². The van der Waals surface area contributed by atoms with Gasteiger partial charge >= 0.3 is 0 Å². The van der Waals surface area contributed by atoms with Crippen LogP contribution in [0.15, 0.2) is 24.0 Å². The van der Waals surface area contributed by atoms with Crippen LogP contribution in [0.1, 0.15) is 19.3 Å². The molecule has 0 saturated heterocycles. The van der Waals surface area contributed by atoms with Gasteiger partial charge in [0, 0.05) is 5.88 Å². The topological polar surface area (TPSA) is 9.23 Å². The van der Waals surface area contributed by atoms with Gasteiger partial charge in [-0.25, -0.2) is 0 Å². The number of alkyl halides is 1. The molecule has 0 unspecified atom stereocenters. The van der Waals surface area contributed by atoms with Crippen LogP contribution >= 0.6 is 11.6 Å². The number of ether oxygens (including phenoxy) is 1. The van der Waals surface area contributed by atoms with E-state index in [0.717, 1.165) is 31.6 Å². The van der Waals surface area contributed by atoms with Crippen LogP contribution in [0.2, 0.25) is 0 Å². The Morgan fingerprint density at radius 3 is 3.00 bits per heavy atom. The van der Waals surface area contributed by atoms with Gasteiger partial charge in [-0.1, -0.05) is 6.08 Å². The quantitative estimate of drug-likeness (QED) is 0.468. The number of halogens is 1. The van der Waals surface area contributed by atoms with Crippen LogP contribution in [-0.4, -0.2) is 12.5 Å². The van der Waals surface area contributed by atoms with Crippen molar-refractivity contribution >= 4 is 11.6 Å². The van der Waals surface area contributed by atoms with Gasteiger partial charge in [0.25, 0.3) is 0 Å². The highest BCUT2D eigenvalue weighted by molar-refractivity contribution is 6.17. The molecule has 0 fully saturated rings. The van der Waals surface area contributed by atoms with Crippen molar-refractivity contribution in [2.75, 3.05) is 12.5 Å². The summed E-state index contributed by atoms with van der Waals surface area (Å²) in [5, 5.41) is 0. The van der Waals surface area contributed by atoms with E-state index in [2.05, 4.69) is 12.2 Å². The maximum atomic E-state index is 5.50. The molecule has 1 rings (SSSR count). The number of hydrogen-bond acceptors (Lipinski definition) is 1.